The van der Waals surface area contributed by atoms with Gasteiger partial charge in [-0.1, -0.05) is 54.6 Å². The Morgan fingerprint density at radius 3 is 2.35 bits per heavy atom. The Hall–Kier alpha value is -4.96. The monoisotopic (exact) mass is 492 g/mol. The molecule has 0 saturated carbocycles. The fraction of sp³-hybridized carbons (Fsp3) is 0.133. The van der Waals surface area contributed by atoms with E-state index in [2.05, 4.69) is 11.4 Å². The van der Waals surface area contributed by atoms with Crippen molar-refractivity contribution in [2.75, 3.05) is 21.3 Å². The molecule has 1 aliphatic heterocycles. The number of methoxy groups -OCH3 is 3. The number of carbonyl (C=O) groups excluding carboxylic acids is 1. The summed E-state index contributed by atoms with van der Waals surface area (Å²) >= 11 is 0. The molecule has 1 heterocycles. The normalized spacial score (nSPS) is 14.3. The minimum Gasteiger partial charge on any atom is -0.496 e. The highest BCUT2D eigenvalue weighted by molar-refractivity contribution is 5.98. The second kappa shape index (κ2) is 9.96. The van der Waals surface area contributed by atoms with E-state index in [1.807, 2.05) is 48.5 Å². The van der Waals surface area contributed by atoms with Crippen molar-refractivity contribution in [2.45, 2.75) is 5.92 Å². The summed E-state index contributed by atoms with van der Waals surface area (Å²) in [6.45, 7) is 0. The van der Waals surface area contributed by atoms with E-state index in [-0.39, 0.29) is 11.5 Å². The van der Waals surface area contributed by atoms with Crippen LogP contribution >= 0.6 is 0 Å². The Kier molecular flexibility index (Phi) is 6.40. The van der Waals surface area contributed by atoms with E-state index in [0.717, 1.165) is 21.9 Å². The molecule has 1 amide bonds. The number of hydrogen-bond acceptors (Lipinski definition) is 6. The molecule has 1 aliphatic rings. The van der Waals surface area contributed by atoms with Crippen molar-refractivity contribution in [1.29, 1.82) is 5.26 Å². The zero-order chi connectivity index (χ0) is 25.9. The number of rotatable bonds is 6. The molecular formula is C30H24N2O5. The molecule has 7 nitrogen and oxygen atoms in total. The molecule has 0 fully saturated rings. The summed E-state index contributed by atoms with van der Waals surface area (Å²) in [7, 11) is 4.63. The first-order valence-corrected chi connectivity index (χ1v) is 11.6. The summed E-state index contributed by atoms with van der Waals surface area (Å²) in [5.74, 6) is 1.20. The molecule has 7 heteroatoms. The van der Waals surface area contributed by atoms with Gasteiger partial charge in [0.1, 0.15) is 23.1 Å². The number of carbonyl (C=O) groups is 1. The van der Waals surface area contributed by atoms with Crippen molar-refractivity contribution in [3.8, 4) is 29.1 Å². The van der Waals surface area contributed by atoms with Crippen LogP contribution in [-0.4, -0.2) is 27.2 Å². The number of nitrogens with one attached hydrogen (secondary N) is 1. The van der Waals surface area contributed by atoms with E-state index in [9.17, 15) is 10.1 Å². The van der Waals surface area contributed by atoms with E-state index in [1.54, 1.807) is 44.6 Å². The third-order valence-electron chi connectivity index (χ3n) is 6.40. The summed E-state index contributed by atoms with van der Waals surface area (Å²) in [6.07, 6.45) is 0. The lowest BCUT2D eigenvalue weighted by atomic mass is 9.82. The van der Waals surface area contributed by atoms with Gasteiger partial charge in [0.2, 0.25) is 5.88 Å². The van der Waals surface area contributed by atoms with E-state index < -0.39 is 11.8 Å². The summed E-state index contributed by atoms with van der Waals surface area (Å²) in [5.41, 5.74) is 2.18. The molecule has 0 aromatic heterocycles. The van der Waals surface area contributed by atoms with Gasteiger partial charge in [-0.2, -0.15) is 5.26 Å². The minimum absolute atomic E-state index is 0.0713. The lowest BCUT2D eigenvalue weighted by Crippen LogP contribution is -2.31. The van der Waals surface area contributed by atoms with Crippen LogP contribution in [0.4, 0.5) is 0 Å². The largest absolute Gasteiger partial charge is 0.496 e. The third-order valence-corrected chi connectivity index (χ3v) is 6.40. The Bertz CT molecular complexity index is 1580. The maximum atomic E-state index is 13.3. The van der Waals surface area contributed by atoms with Crippen LogP contribution < -0.4 is 24.3 Å². The highest BCUT2D eigenvalue weighted by Gasteiger charge is 2.34. The van der Waals surface area contributed by atoms with Crippen molar-refractivity contribution < 1.29 is 23.7 Å². The molecule has 1 atom stereocenters. The molecule has 0 saturated heterocycles. The summed E-state index contributed by atoms with van der Waals surface area (Å²) in [6, 6.07) is 26.4. The van der Waals surface area contributed by atoms with Gasteiger partial charge in [-0.25, -0.2) is 0 Å². The van der Waals surface area contributed by atoms with Gasteiger partial charge in [-0.3, -0.25) is 10.1 Å². The Morgan fingerprint density at radius 1 is 0.865 bits per heavy atom. The lowest BCUT2D eigenvalue weighted by molar-refractivity contribution is 0.0945. The van der Waals surface area contributed by atoms with Crippen LogP contribution in [0, 0.1) is 11.3 Å². The molecule has 0 bridgehead atoms. The van der Waals surface area contributed by atoms with Crippen molar-refractivity contribution in [3.05, 3.63) is 107 Å². The first-order valence-electron chi connectivity index (χ1n) is 11.6. The number of fused-ring (bicyclic) bond motifs is 3. The van der Waals surface area contributed by atoms with Gasteiger partial charge >= 0.3 is 0 Å². The van der Waals surface area contributed by atoms with Crippen molar-refractivity contribution in [3.63, 3.8) is 0 Å². The predicted octanol–water partition coefficient (Wildman–Crippen LogP) is 5.56. The van der Waals surface area contributed by atoms with Crippen molar-refractivity contribution in [1.82, 2.24) is 5.32 Å². The summed E-state index contributed by atoms with van der Waals surface area (Å²) < 4.78 is 22.6. The van der Waals surface area contributed by atoms with Gasteiger partial charge in [-0.15, -0.1) is 0 Å². The Balaban J connectivity index is 1.69. The van der Waals surface area contributed by atoms with Crippen LogP contribution in [0.25, 0.3) is 10.8 Å². The smallest absolute Gasteiger partial charge is 0.261 e. The van der Waals surface area contributed by atoms with Crippen LogP contribution in [0.5, 0.6) is 23.0 Å². The zero-order valence-corrected chi connectivity index (χ0v) is 20.6. The molecule has 0 radical (unpaired) electrons. The van der Waals surface area contributed by atoms with Gasteiger partial charge < -0.3 is 18.9 Å². The van der Waals surface area contributed by atoms with Crippen molar-refractivity contribution in [2.24, 2.45) is 0 Å². The highest BCUT2D eigenvalue weighted by atomic mass is 16.5. The highest BCUT2D eigenvalue weighted by Crippen LogP contribution is 2.47. The van der Waals surface area contributed by atoms with Gasteiger partial charge in [0.05, 0.1) is 32.8 Å². The molecule has 0 aliphatic carbocycles. The van der Waals surface area contributed by atoms with Gasteiger partial charge in [-0.05, 0) is 35.2 Å². The lowest BCUT2D eigenvalue weighted by Gasteiger charge is -2.29. The molecule has 184 valence electrons. The average molecular weight is 493 g/mol. The van der Waals surface area contributed by atoms with E-state index in [1.165, 1.54) is 7.11 Å². The molecular weight excluding hydrogens is 468 g/mol. The fourth-order valence-electron chi connectivity index (χ4n) is 4.63. The van der Waals surface area contributed by atoms with E-state index >= 15 is 0 Å². The number of ether oxygens (including phenoxy) is 4. The van der Waals surface area contributed by atoms with Gasteiger partial charge in [0.15, 0.2) is 11.5 Å². The molecule has 0 unspecified atom stereocenters. The Morgan fingerprint density at radius 2 is 1.59 bits per heavy atom. The van der Waals surface area contributed by atoms with E-state index in [4.69, 9.17) is 18.9 Å². The molecule has 1 N–H and O–H groups in total. The second-order valence-electron chi connectivity index (χ2n) is 8.36. The molecule has 0 spiro atoms. The first-order chi connectivity index (χ1) is 18.1. The number of nitrogens with zero attached hydrogens (tertiary/aromatic N) is 1. The van der Waals surface area contributed by atoms with Crippen LogP contribution in [0.3, 0.4) is 0 Å². The average Bonchev–Trinajstić information content (AvgIpc) is 2.95. The van der Waals surface area contributed by atoms with E-state index in [0.29, 0.717) is 28.6 Å². The predicted molar refractivity (Wildman–Crippen MR) is 139 cm³/mol. The second-order valence-corrected chi connectivity index (χ2v) is 8.36. The SMILES string of the molecule is COc1ccc([C@@H]2C(C#N)=C(NC(=O)c3ccccc3OC)Oc3c2ccc2ccccc32)cc1OC. The van der Waals surface area contributed by atoms with Crippen LogP contribution in [-0.2, 0) is 0 Å². The number of allylic oxidation sites excluding steroid dienone is 1. The fourth-order valence-corrected chi connectivity index (χ4v) is 4.63. The standard InChI is InChI=1S/C30H24N2O5/c1-34-24-11-7-6-10-21(24)29(33)32-30-23(17-31)27(19-13-15-25(35-2)26(16-19)36-3)22-14-12-18-8-4-5-9-20(18)28(22)37-30/h4-16,27H,1-3H3,(H,32,33)/t27-/m0/s1. The number of amides is 1. The first kappa shape index (κ1) is 23.8. The van der Waals surface area contributed by atoms with Crippen LogP contribution in [0.2, 0.25) is 0 Å². The Labute approximate surface area is 214 Å². The van der Waals surface area contributed by atoms with Crippen LogP contribution in [0.1, 0.15) is 27.4 Å². The quantitative estimate of drug-likeness (QED) is 0.379. The zero-order valence-electron chi connectivity index (χ0n) is 20.6. The van der Waals surface area contributed by atoms with Crippen LogP contribution in [0.15, 0.2) is 90.3 Å². The molecule has 37 heavy (non-hydrogen) atoms. The van der Waals surface area contributed by atoms with Crippen molar-refractivity contribution >= 4 is 16.7 Å². The maximum Gasteiger partial charge on any atom is 0.261 e. The maximum absolute atomic E-state index is 13.3. The number of hydrogen-bond donors (Lipinski definition) is 1. The third kappa shape index (κ3) is 4.19. The van der Waals surface area contributed by atoms with Gasteiger partial charge in [0.25, 0.3) is 5.91 Å². The number of benzene rings is 4. The molecule has 5 rings (SSSR count). The summed E-state index contributed by atoms with van der Waals surface area (Å²) in [5, 5.41) is 15.0. The topological polar surface area (TPSA) is 89.8 Å². The molecule has 4 aromatic carbocycles. The van der Waals surface area contributed by atoms with Gasteiger partial charge in [0, 0.05) is 10.9 Å². The molecule has 4 aromatic rings. The number of nitriles is 1. The summed E-state index contributed by atoms with van der Waals surface area (Å²) in [4.78, 5) is 13.3. The number of para-hydroxylation sites is 1. The minimum atomic E-state index is -0.522.